The monoisotopic (exact) mass is 432 g/mol. The van der Waals surface area contributed by atoms with Crippen molar-refractivity contribution in [1.82, 2.24) is 0 Å². The second-order valence-corrected chi connectivity index (χ2v) is 6.27. The lowest BCUT2D eigenvalue weighted by molar-refractivity contribution is -0.129. The summed E-state index contributed by atoms with van der Waals surface area (Å²) in [5, 5.41) is -0.268. The number of allylic oxidation sites excluding steroid dienone is 1. The summed E-state index contributed by atoms with van der Waals surface area (Å²) in [4.78, 5) is 24.4. The van der Waals surface area contributed by atoms with Gasteiger partial charge in [0.25, 0.3) is 0 Å². The molecule has 0 N–H and O–H groups in total. The van der Waals surface area contributed by atoms with Crippen LogP contribution in [0.25, 0.3) is 6.08 Å². The molecule has 30 heavy (non-hydrogen) atoms. The van der Waals surface area contributed by atoms with Gasteiger partial charge in [-0.3, -0.25) is 4.79 Å². The minimum Gasteiger partial charge on any atom is -0.493 e. The van der Waals surface area contributed by atoms with Crippen molar-refractivity contribution in [1.29, 1.82) is 0 Å². The molecule has 0 amide bonds. The van der Waals surface area contributed by atoms with E-state index in [9.17, 15) is 9.59 Å². The quantitative estimate of drug-likeness (QED) is 0.253. The number of methoxy groups -OCH3 is 4. The molecule has 158 valence electrons. The molecule has 0 heterocycles. The first-order chi connectivity index (χ1) is 14.3. The number of carbonyl (C=O) groups is 2. The molecular weight excluding hydrogens is 412 g/mol. The topological polar surface area (TPSA) is 80.3 Å². The van der Waals surface area contributed by atoms with Crippen molar-refractivity contribution in [3.8, 4) is 28.7 Å². The van der Waals surface area contributed by atoms with Gasteiger partial charge in [-0.1, -0.05) is 30.3 Å². The van der Waals surface area contributed by atoms with E-state index >= 15 is 0 Å². The second kappa shape index (κ2) is 10.4. The number of carbonyl (C=O) groups excluding carboxylic acids is 2. The standard InChI is InChI=1S/C22H21ClO7/c1-13(23)22(25)30-18-10-14(7-9-17(18)26-2)6-8-16(24)15-11-19(27-3)21(29-5)20(12-15)28-4/h6-12H,1H2,2-5H3. The highest BCUT2D eigenvalue weighted by molar-refractivity contribution is 6.41. The van der Waals surface area contributed by atoms with Crippen molar-refractivity contribution < 1.29 is 33.3 Å². The first-order valence-electron chi connectivity index (χ1n) is 8.61. The largest absolute Gasteiger partial charge is 0.493 e. The Hall–Kier alpha value is -3.45. The number of esters is 1. The minimum absolute atomic E-state index is 0.145. The third-order valence-electron chi connectivity index (χ3n) is 3.99. The van der Waals surface area contributed by atoms with E-state index in [0.29, 0.717) is 34.1 Å². The molecule has 2 rings (SSSR count). The summed E-state index contributed by atoms with van der Waals surface area (Å²) in [5.41, 5.74) is 0.943. The fourth-order valence-corrected chi connectivity index (χ4v) is 2.56. The molecule has 2 aromatic carbocycles. The average molecular weight is 433 g/mol. The van der Waals surface area contributed by atoms with Crippen LogP contribution in [0.5, 0.6) is 28.7 Å². The fourth-order valence-electron chi connectivity index (χ4n) is 2.52. The minimum atomic E-state index is -0.801. The summed E-state index contributed by atoms with van der Waals surface area (Å²) >= 11 is 5.56. The predicted molar refractivity (Wildman–Crippen MR) is 113 cm³/mol. The van der Waals surface area contributed by atoms with Gasteiger partial charge in [-0.15, -0.1) is 0 Å². The van der Waals surface area contributed by atoms with Crippen molar-refractivity contribution >= 4 is 29.4 Å². The Labute approximate surface area is 179 Å². The molecular formula is C22H21ClO7. The van der Waals surface area contributed by atoms with Gasteiger partial charge in [0.2, 0.25) is 5.75 Å². The molecule has 0 bridgehead atoms. The lowest BCUT2D eigenvalue weighted by atomic mass is 10.1. The molecule has 0 aliphatic heterocycles. The average Bonchev–Trinajstić information content (AvgIpc) is 2.76. The van der Waals surface area contributed by atoms with Crippen LogP contribution in [0, 0.1) is 0 Å². The molecule has 0 aliphatic carbocycles. The lowest BCUT2D eigenvalue weighted by Crippen LogP contribution is -2.08. The summed E-state index contributed by atoms with van der Waals surface area (Å²) in [7, 11) is 5.86. The first-order valence-corrected chi connectivity index (χ1v) is 8.99. The highest BCUT2D eigenvalue weighted by Crippen LogP contribution is 2.38. The van der Waals surface area contributed by atoms with Gasteiger partial charge in [0.15, 0.2) is 28.8 Å². The van der Waals surface area contributed by atoms with Crippen LogP contribution in [0.4, 0.5) is 0 Å². The van der Waals surface area contributed by atoms with Crippen LogP contribution in [0.3, 0.4) is 0 Å². The van der Waals surface area contributed by atoms with Crippen LogP contribution in [0.15, 0.2) is 48.0 Å². The Morgan fingerprint density at radius 2 is 1.47 bits per heavy atom. The zero-order valence-electron chi connectivity index (χ0n) is 17.0. The highest BCUT2D eigenvalue weighted by Gasteiger charge is 2.16. The van der Waals surface area contributed by atoms with Crippen LogP contribution in [0.1, 0.15) is 15.9 Å². The van der Waals surface area contributed by atoms with Gasteiger partial charge in [-0.05, 0) is 35.9 Å². The maximum atomic E-state index is 12.7. The summed E-state index contributed by atoms with van der Waals surface area (Å²) in [5.74, 6) is 0.508. The zero-order valence-corrected chi connectivity index (χ0v) is 17.7. The SMILES string of the molecule is C=C(Cl)C(=O)Oc1cc(C=CC(=O)c2cc(OC)c(OC)c(OC)c2)ccc1OC. The second-order valence-electron chi connectivity index (χ2n) is 5.82. The molecule has 0 aliphatic rings. The number of hydrogen-bond donors (Lipinski definition) is 0. The molecule has 8 heteroatoms. The number of ketones is 1. The molecule has 0 aromatic heterocycles. The smallest absolute Gasteiger partial charge is 0.354 e. The van der Waals surface area contributed by atoms with E-state index < -0.39 is 5.97 Å². The molecule has 0 spiro atoms. The number of halogens is 1. The van der Waals surface area contributed by atoms with Crippen LogP contribution < -0.4 is 23.7 Å². The lowest BCUT2D eigenvalue weighted by Gasteiger charge is -2.13. The summed E-state index contributed by atoms with van der Waals surface area (Å²) in [6.45, 7) is 3.32. The maximum absolute atomic E-state index is 12.7. The third kappa shape index (κ3) is 5.33. The number of benzene rings is 2. The molecule has 0 atom stereocenters. The molecule has 0 fully saturated rings. The third-order valence-corrected chi connectivity index (χ3v) is 4.14. The Bertz CT molecular complexity index is 970. The van der Waals surface area contributed by atoms with Gasteiger partial charge in [-0.25, -0.2) is 4.79 Å². The van der Waals surface area contributed by atoms with Gasteiger partial charge in [-0.2, -0.15) is 0 Å². The number of rotatable bonds is 9. The number of ether oxygens (including phenoxy) is 5. The highest BCUT2D eigenvalue weighted by atomic mass is 35.5. The maximum Gasteiger partial charge on any atom is 0.354 e. The Morgan fingerprint density at radius 1 is 0.867 bits per heavy atom. The molecule has 0 radical (unpaired) electrons. The van der Waals surface area contributed by atoms with Crippen molar-refractivity contribution in [2.24, 2.45) is 0 Å². The van der Waals surface area contributed by atoms with Crippen LogP contribution in [0.2, 0.25) is 0 Å². The van der Waals surface area contributed by atoms with Crippen LogP contribution >= 0.6 is 11.6 Å². The molecule has 0 saturated carbocycles. The fraction of sp³-hybridized carbons (Fsp3) is 0.182. The Balaban J connectivity index is 2.32. The number of hydrogen-bond acceptors (Lipinski definition) is 7. The van der Waals surface area contributed by atoms with E-state index in [1.165, 1.54) is 40.6 Å². The van der Waals surface area contributed by atoms with E-state index in [4.69, 9.17) is 35.3 Å². The van der Waals surface area contributed by atoms with E-state index in [1.807, 2.05) is 0 Å². The Morgan fingerprint density at radius 3 is 1.97 bits per heavy atom. The summed E-state index contributed by atoms with van der Waals surface area (Å²) in [6, 6.07) is 7.95. The van der Waals surface area contributed by atoms with Crippen molar-refractivity contribution in [3.05, 3.63) is 59.1 Å². The molecule has 0 saturated heterocycles. The van der Waals surface area contributed by atoms with Gasteiger partial charge in [0.05, 0.1) is 28.4 Å². The predicted octanol–water partition coefficient (Wildman–Crippen LogP) is 4.28. The normalized spacial score (nSPS) is 10.4. The first kappa shape index (κ1) is 22.8. The van der Waals surface area contributed by atoms with Crippen molar-refractivity contribution in [2.75, 3.05) is 28.4 Å². The zero-order chi connectivity index (χ0) is 22.3. The van der Waals surface area contributed by atoms with Crippen molar-refractivity contribution in [3.63, 3.8) is 0 Å². The Kier molecular flexibility index (Phi) is 7.89. The van der Waals surface area contributed by atoms with Gasteiger partial charge < -0.3 is 23.7 Å². The molecule has 2 aromatic rings. The summed E-state index contributed by atoms with van der Waals surface area (Å²) in [6.07, 6.45) is 2.94. The van der Waals surface area contributed by atoms with E-state index in [0.717, 1.165) is 0 Å². The summed E-state index contributed by atoms with van der Waals surface area (Å²) < 4.78 is 26.1. The van der Waals surface area contributed by atoms with Crippen LogP contribution in [-0.2, 0) is 4.79 Å². The van der Waals surface area contributed by atoms with Gasteiger partial charge in [0, 0.05) is 5.56 Å². The van der Waals surface area contributed by atoms with Crippen LogP contribution in [-0.4, -0.2) is 40.2 Å². The van der Waals surface area contributed by atoms with Gasteiger partial charge in [0.1, 0.15) is 5.03 Å². The van der Waals surface area contributed by atoms with E-state index in [-0.39, 0.29) is 16.6 Å². The molecule has 0 unspecified atom stereocenters. The van der Waals surface area contributed by atoms with E-state index in [1.54, 1.807) is 30.3 Å². The van der Waals surface area contributed by atoms with E-state index in [2.05, 4.69) is 6.58 Å². The molecule has 7 nitrogen and oxygen atoms in total. The van der Waals surface area contributed by atoms with Gasteiger partial charge >= 0.3 is 5.97 Å². The van der Waals surface area contributed by atoms with Crippen molar-refractivity contribution in [2.45, 2.75) is 0 Å².